The summed E-state index contributed by atoms with van der Waals surface area (Å²) in [7, 11) is 0. The highest BCUT2D eigenvalue weighted by Crippen LogP contribution is 2.22. The van der Waals surface area contributed by atoms with Crippen LogP contribution in [0.15, 0.2) is 30.4 Å². The summed E-state index contributed by atoms with van der Waals surface area (Å²) in [6, 6.07) is 3.21. The first-order valence-electron chi connectivity index (χ1n) is 5.56. The largest absolute Gasteiger partial charge is 0.478 e. The molecule has 0 atom stereocenters. The Labute approximate surface area is 103 Å². The standard InChI is InChI=1S/C13H12FNO3/c14-9-5-6-10(13(17)18)11(7-9)15-12(16)8-3-1-2-4-8/h1-2,5-8H,3-4H2,(H,15,16)(H,17,18). The van der Waals surface area contributed by atoms with Crippen molar-refractivity contribution in [3.63, 3.8) is 0 Å². The topological polar surface area (TPSA) is 66.4 Å². The minimum Gasteiger partial charge on any atom is -0.478 e. The lowest BCUT2D eigenvalue weighted by molar-refractivity contribution is -0.119. The first kappa shape index (κ1) is 12.3. The summed E-state index contributed by atoms with van der Waals surface area (Å²) in [5.41, 5.74) is -0.116. The number of hydrogen-bond acceptors (Lipinski definition) is 2. The van der Waals surface area contributed by atoms with E-state index in [1.807, 2.05) is 12.2 Å². The molecule has 0 unspecified atom stereocenters. The molecule has 0 aromatic heterocycles. The summed E-state index contributed by atoms with van der Waals surface area (Å²) >= 11 is 0. The third kappa shape index (κ3) is 2.56. The van der Waals surface area contributed by atoms with Crippen LogP contribution in [0.2, 0.25) is 0 Å². The molecule has 5 heteroatoms. The molecule has 0 heterocycles. The molecule has 94 valence electrons. The minimum atomic E-state index is -1.20. The van der Waals surface area contributed by atoms with Crippen molar-refractivity contribution < 1.29 is 19.1 Å². The highest BCUT2D eigenvalue weighted by atomic mass is 19.1. The van der Waals surface area contributed by atoms with E-state index in [1.165, 1.54) is 0 Å². The number of carboxylic acids is 1. The number of hydrogen-bond donors (Lipinski definition) is 2. The Bertz CT molecular complexity index is 517. The molecule has 0 fully saturated rings. The van der Waals surface area contributed by atoms with Gasteiger partial charge in [-0.25, -0.2) is 9.18 Å². The van der Waals surface area contributed by atoms with E-state index in [4.69, 9.17) is 5.11 Å². The molecule has 0 aliphatic heterocycles. The predicted octanol–water partition coefficient (Wildman–Crippen LogP) is 2.43. The van der Waals surface area contributed by atoms with Gasteiger partial charge in [0.1, 0.15) is 5.82 Å². The lowest BCUT2D eigenvalue weighted by Crippen LogP contribution is -2.22. The number of carbonyl (C=O) groups is 2. The molecule has 1 amide bonds. The number of rotatable bonds is 3. The minimum absolute atomic E-state index is 0.000556. The molecule has 2 N–H and O–H groups in total. The summed E-state index contributed by atoms with van der Waals surface area (Å²) in [4.78, 5) is 22.8. The number of allylic oxidation sites excluding steroid dienone is 2. The maximum Gasteiger partial charge on any atom is 0.337 e. The van der Waals surface area contributed by atoms with Crippen LogP contribution in [0.25, 0.3) is 0 Å². The Morgan fingerprint density at radius 3 is 2.56 bits per heavy atom. The Balaban J connectivity index is 2.19. The van der Waals surface area contributed by atoms with E-state index >= 15 is 0 Å². The number of aromatic carboxylic acids is 1. The highest BCUT2D eigenvalue weighted by Gasteiger charge is 2.21. The fourth-order valence-electron chi connectivity index (χ4n) is 1.87. The van der Waals surface area contributed by atoms with Gasteiger partial charge in [-0.15, -0.1) is 0 Å². The van der Waals surface area contributed by atoms with Gasteiger partial charge in [0, 0.05) is 5.92 Å². The second-order valence-electron chi connectivity index (χ2n) is 4.12. The molecule has 1 aromatic rings. The first-order valence-corrected chi connectivity index (χ1v) is 5.56. The second-order valence-corrected chi connectivity index (χ2v) is 4.12. The number of carboxylic acid groups (broad SMARTS) is 1. The molecule has 4 nitrogen and oxygen atoms in total. The molecular weight excluding hydrogens is 237 g/mol. The third-order valence-corrected chi connectivity index (χ3v) is 2.85. The number of anilines is 1. The van der Waals surface area contributed by atoms with Gasteiger partial charge in [0.2, 0.25) is 5.91 Å². The van der Waals surface area contributed by atoms with E-state index in [0.29, 0.717) is 12.8 Å². The molecule has 1 aliphatic carbocycles. The van der Waals surface area contributed by atoms with Gasteiger partial charge in [-0.05, 0) is 31.0 Å². The van der Waals surface area contributed by atoms with Crippen LogP contribution in [-0.2, 0) is 4.79 Å². The number of amides is 1. The molecule has 0 saturated carbocycles. The van der Waals surface area contributed by atoms with Crippen molar-refractivity contribution in [1.29, 1.82) is 0 Å². The van der Waals surface area contributed by atoms with Crippen LogP contribution in [0.4, 0.5) is 10.1 Å². The van der Waals surface area contributed by atoms with Crippen LogP contribution in [0.3, 0.4) is 0 Å². The Hall–Kier alpha value is -2.17. The van der Waals surface area contributed by atoms with Crippen LogP contribution in [0.5, 0.6) is 0 Å². The van der Waals surface area contributed by atoms with Gasteiger partial charge >= 0.3 is 5.97 Å². The van der Waals surface area contributed by atoms with Crippen LogP contribution >= 0.6 is 0 Å². The monoisotopic (exact) mass is 249 g/mol. The molecule has 0 saturated heterocycles. The van der Waals surface area contributed by atoms with E-state index in [0.717, 1.165) is 18.2 Å². The quantitative estimate of drug-likeness (QED) is 0.808. The normalized spacial score (nSPS) is 14.7. The molecule has 0 radical (unpaired) electrons. The molecule has 18 heavy (non-hydrogen) atoms. The fourth-order valence-corrected chi connectivity index (χ4v) is 1.87. The van der Waals surface area contributed by atoms with Gasteiger partial charge in [-0.2, -0.15) is 0 Å². The van der Waals surface area contributed by atoms with Crippen LogP contribution in [-0.4, -0.2) is 17.0 Å². The van der Waals surface area contributed by atoms with E-state index in [2.05, 4.69) is 5.32 Å². The summed E-state index contributed by atoms with van der Waals surface area (Å²) in [6.45, 7) is 0. The number of benzene rings is 1. The predicted molar refractivity (Wildman–Crippen MR) is 63.9 cm³/mol. The number of carbonyl (C=O) groups excluding carboxylic acids is 1. The number of halogens is 1. The maximum atomic E-state index is 13.1. The van der Waals surface area contributed by atoms with E-state index < -0.39 is 11.8 Å². The highest BCUT2D eigenvalue weighted by molar-refractivity contribution is 6.01. The fraction of sp³-hybridized carbons (Fsp3) is 0.231. The van der Waals surface area contributed by atoms with Gasteiger partial charge in [0.15, 0.2) is 0 Å². The molecule has 0 bridgehead atoms. The lowest BCUT2D eigenvalue weighted by atomic mass is 10.1. The first-order chi connectivity index (χ1) is 8.58. The van der Waals surface area contributed by atoms with E-state index in [-0.39, 0.29) is 23.1 Å². The third-order valence-electron chi connectivity index (χ3n) is 2.85. The zero-order chi connectivity index (χ0) is 13.1. The Kier molecular flexibility index (Phi) is 3.41. The van der Waals surface area contributed by atoms with Gasteiger partial charge in [0.05, 0.1) is 11.3 Å². The molecule has 0 spiro atoms. The Morgan fingerprint density at radius 1 is 1.28 bits per heavy atom. The van der Waals surface area contributed by atoms with Crippen molar-refractivity contribution in [2.24, 2.45) is 5.92 Å². The molecule has 1 aliphatic rings. The van der Waals surface area contributed by atoms with Crippen molar-refractivity contribution in [1.82, 2.24) is 0 Å². The van der Waals surface area contributed by atoms with Crippen LogP contribution < -0.4 is 5.32 Å². The van der Waals surface area contributed by atoms with Crippen molar-refractivity contribution in [3.8, 4) is 0 Å². The summed E-state index contributed by atoms with van der Waals surface area (Å²) in [6.07, 6.45) is 5.05. The number of nitrogens with one attached hydrogen (secondary N) is 1. The van der Waals surface area contributed by atoms with Gasteiger partial charge < -0.3 is 10.4 Å². The summed E-state index contributed by atoms with van der Waals surface area (Å²) < 4.78 is 13.1. The summed E-state index contributed by atoms with van der Waals surface area (Å²) in [5.74, 6) is -2.27. The average Bonchev–Trinajstić information content (AvgIpc) is 2.81. The maximum absolute atomic E-state index is 13.1. The van der Waals surface area contributed by atoms with Crippen molar-refractivity contribution in [2.75, 3.05) is 5.32 Å². The van der Waals surface area contributed by atoms with Crippen molar-refractivity contribution in [2.45, 2.75) is 12.8 Å². The second kappa shape index (κ2) is 5.00. The zero-order valence-electron chi connectivity index (χ0n) is 9.52. The van der Waals surface area contributed by atoms with Crippen molar-refractivity contribution in [3.05, 3.63) is 41.7 Å². The van der Waals surface area contributed by atoms with Crippen LogP contribution in [0, 0.1) is 11.7 Å². The molecule has 2 rings (SSSR count). The van der Waals surface area contributed by atoms with Crippen molar-refractivity contribution >= 4 is 17.6 Å². The zero-order valence-corrected chi connectivity index (χ0v) is 9.52. The lowest BCUT2D eigenvalue weighted by Gasteiger charge is -2.12. The Morgan fingerprint density at radius 2 is 1.94 bits per heavy atom. The average molecular weight is 249 g/mol. The van der Waals surface area contributed by atoms with Crippen LogP contribution in [0.1, 0.15) is 23.2 Å². The smallest absolute Gasteiger partial charge is 0.337 e. The van der Waals surface area contributed by atoms with E-state index in [1.54, 1.807) is 0 Å². The SMILES string of the molecule is O=C(O)c1ccc(F)cc1NC(=O)C1CC=CC1. The molecule has 1 aromatic carbocycles. The van der Waals surface area contributed by atoms with Gasteiger partial charge in [-0.1, -0.05) is 12.2 Å². The van der Waals surface area contributed by atoms with Gasteiger partial charge in [-0.3, -0.25) is 4.79 Å². The van der Waals surface area contributed by atoms with Gasteiger partial charge in [0.25, 0.3) is 0 Å². The van der Waals surface area contributed by atoms with E-state index in [9.17, 15) is 14.0 Å². The molecular formula is C13H12FNO3. The summed E-state index contributed by atoms with van der Waals surface area (Å²) in [5, 5.41) is 11.4.